The van der Waals surface area contributed by atoms with E-state index in [0.717, 1.165) is 26.6 Å². The number of hydrogen-bond acceptors (Lipinski definition) is 4. The van der Waals surface area contributed by atoms with Gasteiger partial charge in [0.15, 0.2) is 0 Å². The first kappa shape index (κ1) is 18.6. The fraction of sp³-hybridized carbons (Fsp3) is 0.167. The predicted octanol–water partition coefficient (Wildman–Crippen LogP) is 2.74. The Morgan fingerprint density at radius 2 is 1.88 bits per heavy atom. The van der Waals surface area contributed by atoms with Gasteiger partial charge in [-0.3, -0.25) is 4.79 Å². The first-order valence-electron chi connectivity index (χ1n) is 7.87. The van der Waals surface area contributed by atoms with Gasteiger partial charge in [0.2, 0.25) is 15.9 Å². The lowest BCUT2D eigenvalue weighted by atomic mass is 10.1. The van der Waals surface area contributed by atoms with E-state index in [1.54, 1.807) is 18.4 Å². The second-order valence-electron chi connectivity index (χ2n) is 5.87. The molecule has 0 radical (unpaired) electrons. The number of rotatable bonds is 6. The Morgan fingerprint density at radius 1 is 1.15 bits per heavy atom. The van der Waals surface area contributed by atoms with Crippen molar-refractivity contribution in [3.63, 3.8) is 0 Å². The second kappa shape index (κ2) is 7.61. The van der Waals surface area contributed by atoms with Crippen molar-refractivity contribution in [2.75, 3.05) is 6.54 Å². The Morgan fingerprint density at radius 3 is 2.58 bits per heavy atom. The van der Waals surface area contributed by atoms with Crippen LogP contribution in [0.3, 0.4) is 0 Å². The molecule has 6 nitrogen and oxygen atoms in total. The van der Waals surface area contributed by atoms with Crippen LogP contribution in [0.4, 0.5) is 0 Å². The maximum Gasteiger partial charge on any atom is 0.238 e. The average Bonchev–Trinajstić information content (AvgIpc) is 2.96. The lowest BCUT2D eigenvalue weighted by molar-refractivity contribution is -0.120. The quantitative estimate of drug-likeness (QED) is 0.619. The molecule has 2 aromatic carbocycles. The minimum Gasteiger partial charge on any atom is -0.464 e. The SMILES string of the molecule is NS(=O)(=O)c1ccc(CCNC(=O)Cc2coc3ccc(Br)cc23)cc1. The molecule has 0 aliphatic heterocycles. The standard InChI is InChI=1S/C18H17BrN2O4S/c19-14-3-6-17-16(10-14)13(11-25-17)9-18(22)21-8-7-12-1-4-15(5-2-12)26(20,23)24/h1-6,10-11H,7-9H2,(H,21,22)(H2,20,23,24). The molecule has 136 valence electrons. The van der Waals surface area contributed by atoms with Crippen LogP contribution in [0, 0.1) is 0 Å². The lowest BCUT2D eigenvalue weighted by Crippen LogP contribution is -2.27. The van der Waals surface area contributed by atoms with Gasteiger partial charge in [0.25, 0.3) is 0 Å². The van der Waals surface area contributed by atoms with E-state index < -0.39 is 10.0 Å². The highest BCUT2D eigenvalue weighted by molar-refractivity contribution is 9.10. The van der Waals surface area contributed by atoms with Crippen molar-refractivity contribution < 1.29 is 17.6 Å². The third-order valence-corrected chi connectivity index (χ3v) is 5.38. The highest BCUT2D eigenvalue weighted by atomic mass is 79.9. The number of hydrogen-bond donors (Lipinski definition) is 2. The summed E-state index contributed by atoms with van der Waals surface area (Å²) in [6, 6.07) is 12.0. The molecule has 3 rings (SSSR count). The van der Waals surface area contributed by atoms with E-state index >= 15 is 0 Å². The van der Waals surface area contributed by atoms with Crippen LogP contribution in [0.15, 0.2) is 62.5 Å². The molecule has 0 aliphatic rings. The molecule has 0 fully saturated rings. The van der Waals surface area contributed by atoms with Gasteiger partial charge >= 0.3 is 0 Å². The molecule has 8 heteroatoms. The van der Waals surface area contributed by atoms with Crippen LogP contribution in [0.5, 0.6) is 0 Å². The Balaban J connectivity index is 1.55. The van der Waals surface area contributed by atoms with Crippen molar-refractivity contribution >= 4 is 42.8 Å². The van der Waals surface area contributed by atoms with E-state index in [1.165, 1.54) is 12.1 Å². The number of carbonyl (C=O) groups excluding carboxylic acids is 1. The van der Waals surface area contributed by atoms with Crippen molar-refractivity contribution in [1.29, 1.82) is 0 Å². The number of halogens is 1. The number of nitrogens with one attached hydrogen (secondary N) is 1. The Hall–Kier alpha value is -2.16. The van der Waals surface area contributed by atoms with Crippen LogP contribution >= 0.6 is 15.9 Å². The minimum atomic E-state index is -3.69. The zero-order valence-electron chi connectivity index (χ0n) is 13.7. The van der Waals surface area contributed by atoms with E-state index in [-0.39, 0.29) is 17.2 Å². The van der Waals surface area contributed by atoms with Crippen molar-refractivity contribution in [3.05, 3.63) is 64.3 Å². The van der Waals surface area contributed by atoms with Crippen molar-refractivity contribution in [3.8, 4) is 0 Å². The average molecular weight is 437 g/mol. The van der Waals surface area contributed by atoms with Gasteiger partial charge in [0.05, 0.1) is 17.6 Å². The van der Waals surface area contributed by atoms with Crippen LogP contribution in [-0.2, 0) is 27.7 Å². The molecular formula is C18H17BrN2O4S. The number of fused-ring (bicyclic) bond motifs is 1. The highest BCUT2D eigenvalue weighted by Crippen LogP contribution is 2.25. The van der Waals surface area contributed by atoms with Gasteiger partial charge in [-0.25, -0.2) is 13.6 Å². The topological polar surface area (TPSA) is 102 Å². The summed E-state index contributed by atoms with van der Waals surface area (Å²) in [5, 5.41) is 8.83. The lowest BCUT2D eigenvalue weighted by Gasteiger charge is -2.06. The monoisotopic (exact) mass is 436 g/mol. The Kier molecular flexibility index (Phi) is 5.45. The maximum absolute atomic E-state index is 12.2. The van der Waals surface area contributed by atoms with Crippen LogP contribution in [0.25, 0.3) is 11.0 Å². The molecular weight excluding hydrogens is 420 g/mol. The molecule has 0 spiro atoms. The summed E-state index contributed by atoms with van der Waals surface area (Å²) in [6.07, 6.45) is 2.42. The number of benzene rings is 2. The summed E-state index contributed by atoms with van der Waals surface area (Å²) < 4.78 is 28.8. The fourth-order valence-corrected chi connectivity index (χ4v) is 3.49. The van der Waals surface area contributed by atoms with Gasteiger partial charge in [-0.05, 0) is 42.3 Å². The van der Waals surface area contributed by atoms with Gasteiger partial charge in [0, 0.05) is 22.0 Å². The molecule has 0 aliphatic carbocycles. The minimum absolute atomic E-state index is 0.0725. The summed E-state index contributed by atoms with van der Waals surface area (Å²) in [7, 11) is -3.69. The van der Waals surface area contributed by atoms with Crippen molar-refractivity contribution in [1.82, 2.24) is 5.32 Å². The van der Waals surface area contributed by atoms with E-state index in [4.69, 9.17) is 9.56 Å². The van der Waals surface area contributed by atoms with Crippen LogP contribution < -0.4 is 10.5 Å². The molecule has 1 aromatic heterocycles. The summed E-state index contributed by atoms with van der Waals surface area (Å²) >= 11 is 3.41. The largest absolute Gasteiger partial charge is 0.464 e. The van der Waals surface area contributed by atoms with Gasteiger partial charge < -0.3 is 9.73 Å². The molecule has 1 amide bonds. The van der Waals surface area contributed by atoms with E-state index in [9.17, 15) is 13.2 Å². The Labute approximate surface area is 159 Å². The molecule has 0 atom stereocenters. The molecule has 0 saturated heterocycles. The van der Waals surface area contributed by atoms with Crippen LogP contribution in [0.2, 0.25) is 0 Å². The van der Waals surface area contributed by atoms with E-state index in [2.05, 4.69) is 21.2 Å². The number of sulfonamides is 1. The summed E-state index contributed by atoms with van der Waals surface area (Å²) in [5.74, 6) is -0.103. The van der Waals surface area contributed by atoms with Crippen molar-refractivity contribution in [2.24, 2.45) is 5.14 Å². The van der Waals surface area contributed by atoms with Gasteiger partial charge in [-0.15, -0.1) is 0 Å². The molecule has 0 unspecified atom stereocenters. The number of nitrogens with two attached hydrogens (primary N) is 1. The third-order valence-electron chi connectivity index (χ3n) is 3.95. The highest BCUT2D eigenvalue weighted by Gasteiger charge is 2.11. The zero-order chi connectivity index (χ0) is 18.7. The fourth-order valence-electron chi connectivity index (χ4n) is 2.62. The zero-order valence-corrected chi connectivity index (χ0v) is 16.1. The molecule has 26 heavy (non-hydrogen) atoms. The number of carbonyl (C=O) groups is 1. The number of primary sulfonamides is 1. The smallest absolute Gasteiger partial charge is 0.238 e. The van der Waals surface area contributed by atoms with Crippen LogP contribution in [-0.4, -0.2) is 20.9 Å². The van der Waals surface area contributed by atoms with Gasteiger partial charge in [0.1, 0.15) is 5.58 Å². The van der Waals surface area contributed by atoms with E-state index in [0.29, 0.717) is 13.0 Å². The predicted molar refractivity (Wildman–Crippen MR) is 102 cm³/mol. The Bertz CT molecular complexity index is 1040. The van der Waals surface area contributed by atoms with Crippen molar-refractivity contribution in [2.45, 2.75) is 17.7 Å². The first-order chi connectivity index (χ1) is 12.3. The molecule has 0 saturated carbocycles. The normalized spacial score (nSPS) is 11.6. The maximum atomic E-state index is 12.2. The molecule has 0 bridgehead atoms. The summed E-state index contributed by atoms with van der Waals surface area (Å²) in [4.78, 5) is 12.2. The van der Waals surface area contributed by atoms with Crippen LogP contribution in [0.1, 0.15) is 11.1 Å². The van der Waals surface area contributed by atoms with E-state index in [1.807, 2.05) is 18.2 Å². The summed E-state index contributed by atoms with van der Waals surface area (Å²) in [6.45, 7) is 0.451. The summed E-state index contributed by atoms with van der Waals surface area (Å²) in [5.41, 5.74) is 2.48. The van der Waals surface area contributed by atoms with Gasteiger partial charge in [-0.1, -0.05) is 28.1 Å². The molecule has 3 aromatic rings. The second-order valence-corrected chi connectivity index (χ2v) is 8.34. The third kappa shape index (κ3) is 4.51. The first-order valence-corrected chi connectivity index (χ1v) is 10.2. The molecule has 1 heterocycles. The van der Waals surface area contributed by atoms with Gasteiger partial charge in [-0.2, -0.15) is 0 Å². The number of furan rings is 1. The molecule has 3 N–H and O–H groups in total. The number of amides is 1.